The highest BCUT2D eigenvalue weighted by atomic mass is 35.5. The Kier molecular flexibility index (Phi) is 6.47. The fourth-order valence-corrected chi connectivity index (χ4v) is 4.72. The predicted molar refractivity (Wildman–Crippen MR) is 136 cm³/mol. The number of piperidine rings is 1. The predicted octanol–water partition coefficient (Wildman–Crippen LogP) is 4.81. The summed E-state index contributed by atoms with van der Waals surface area (Å²) in [6.45, 7) is 1.50. The minimum Gasteiger partial charge on any atom is -0.495 e. The molecule has 2 aliphatic heterocycles. The van der Waals surface area contributed by atoms with Gasteiger partial charge < -0.3 is 25.2 Å². The van der Waals surface area contributed by atoms with Gasteiger partial charge in [0.1, 0.15) is 11.9 Å². The number of amides is 2. The first-order valence-electron chi connectivity index (χ1n) is 11.5. The molecule has 11 nitrogen and oxygen atoms in total. The van der Waals surface area contributed by atoms with Crippen LogP contribution in [0.3, 0.4) is 0 Å². The van der Waals surface area contributed by atoms with Crippen LogP contribution >= 0.6 is 11.6 Å². The molecular weight excluding hydrogens is 486 g/mol. The molecule has 2 aromatic carbocycles. The number of para-hydroxylation sites is 1. The number of hydrogen-bond acceptors (Lipinski definition) is 8. The second-order valence-electron chi connectivity index (χ2n) is 8.56. The van der Waals surface area contributed by atoms with E-state index in [-0.39, 0.29) is 29.5 Å². The SMILES string of the molecule is COc1cccc2c1NC(=O)N(C1CCN(c3nc(Nc4ccc(Cl)cc4)ncc3[N+](=O)[O-])CC1)C2. The summed E-state index contributed by atoms with van der Waals surface area (Å²) >= 11 is 5.94. The molecule has 3 heterocycles. The minimum absolute atomic E-state index is 0.00634. The number of aromatic nitrogens is 2. The number of nitrogens with zero attached hydrogens (tertiary/aromatic N) is 5. The van der Waals surface area contributed by atoms with E-state index < -0.39 is 4.92 Å². The van der Waals surface area contributed by atoms with E-state index in [1.165, 1.54) is 6.20 Å². The molecule has 0 saturated carbocycles. The van der Waals surface area contributed by atoms with Crippen molar-refractivity contribution in [3.63, 3.8) is 0 Å². The number of halogens is 1. The van der Waals surface area contributed by atoms with Gasteiger partial charge in [0, 0.05) is 36.4 Å². The van der Waals surface area contributed by atoms with Crippen molar-refractivity contribution >= 4 is 46.5 Å². The van der Waals surface area contributed by atoms with Crippen molar-refractivity contribution in [2.75, 3.05) is 35.7 Å². The van der Waals surface area contributed by atoms with Crippen molar-refractivity contribution < 1.29 is 14.5 Å². The minimum atomic E-state index is -0.476. The highest BCUT2D eigenvalue weighted by Gasteiger charge is 2.34. The zero-order valence-corrected chi connectivity index (χ0v) is 20.2. The third-order valence-corrected chi connectivity index (χ3v) is 6.67. The molecule has 2 amide bonds. The van der Waals surface area contributed by atoms with Gasteiger partial charge in [-0.25, -0.2) is 9.78 Å². The quantitative estimate of drug-likeness (QED) is 0.358. The second-order valence-corrected chi connectivity index (χ2v) is 9.00. The molecule has 0 aliphatic carbocycles. The van der Waals surface area contributed by atoms with Crippen molar-refractivity contribution in [2.45, 2.75) is 25.4 Å². The molecule has 0 spiro atoms. The first-order chi connectivity index (χ1) is 17.4. The normalized spacial score (nSPS) is 15.8. The lowest BCUT2D eigenvalue weighted by Crippen LogP contribution is -2.50. The van der Waals surface area contributed by atoms with Gasteiger partial charge in [-0.1, -0.05) is 23.7 Å². The average molecular weight is 510 g/mol. The fourth-order valence-electron chi connectivity index (χ4n) is 4.59. The second kappa shape index (κ2) is 9.86. The number of carbonyl (C=O) groups excluding carboxylic acids is 1. The Balaban J connectivity index is 1.31. The Bertz CT molecular complexity index is 1300. The number of carbonyl (C=O) groups is 1. The molecule has 1 aromatic heterocycles. The highest BCUT2D eigenvalue weighted by molar-refractivity contribution is 6.30. The number of fused-ring (bicyclic) bond motifs is 1. The molecule has 186 valence electrons. The van der Waals surface area contributed by atoms with Crippen LogP contribution in [-0.2, 0) is 6.54 Å². The lowest BCUT2D eigenvalue weighted by Gasteiger charge is -2.41. The van der Waals surface area contributed by atoms with Crippen LogP contribution in [0.15, 0.2) is 48.7 Å². The summed E-state index contributed by atoms with van der Waals surface area (Å²) in [7, 11) is 1.58. The largest absolute Gasteiger partial charge is 0.495 e. The molecule has 0 unspecified atom stereocenters. The molecule has 3 aromatic rings. The Morgan fingerprint density at radius 2 is 1.94 bits per heavy atom. The molecule has 1 saturated heterocycles. The number of rotatable bonds is 6. The Morgan fingerprint density at radius 1 is 1.19 bits per heavy atom. The first-order valence-corrected chi connectivity index (χ1v) is 11.8. The third kappa shape index (κ3) is 4.69. The van der Waals surface area contributed by atoms with Crippen LogP contribution in [0, 0.1) is 10.1 Å². The van der Waals surface area contributed by atoms with E-state index in [9.17, 15) is 14.9 Å². The van der Waals surface area contributed by atoms with Gasteiger partial charge in [0.05, 0.1) is 17.7 Å². The van der Waals surface area contributed by atoms with Gasteiger partial charge in [-0.05, 0) is 48.7 Å². The van der Waals surface area contributed by atoms with E-state index in [4.69, 9.17) is 16.3 Å². The number of ether oxygens (including phenoxy) is 1. The van der Waals surface area contributed by atoms with Crippen molar-refractivity contribution in [1.29, 1.82) is 0 Å². The third-order valence-electron chi connectivity index (χ3n) is 6.42. The highest BCUT2D eigenvalue weighted by Crippen LogP contribution is 2.36. The van der Waals surface area contributed by atoms with E-state index in [0.717, 1.165) is 5.56 Å². The molecule has 36 heavy (non-hydrogen) atoms. The molecule has 0 bridgehead atoms. The summed E-state index contributed by atoms with van der Waals surface area (Å²) in [6, 6.07) is 12.5. The van der Waals surface area contributed by atoms with Gasteiger partial charge in [0.15, 0.2) is 0 Å². The van der Waals surface area contributed by atoms with Crippen molar-refractivity contribution in [3.05, 3.63) is 69.4 Å². The summed E-state index contributed by atoms with van der Waals surface area (Å²) in [5.41, 5.74) is 2.24. The smallest absolute Gasteiger partial charge is 0.329 e. The van der Waals surface area contributed by atoms with E-state index in [2.05, 4.69) is 20.6 Å². The standard InChI is InChI=1S/C24H24ClN7O4/c1-36-20-4-2-3-15-14-31(24(33)28-21(15)20)18-9-11-30(12-10-18)22-19(32(34)35)13-26-23(29-22)27-17-7-5-16(25)6-8-17/h2-8,13,18H,9-12,14H2,1H3,(H,28,33)(H,26,27,29). The maximum atomic E-state index is 12.9. The van der Waals surface area contributed by atoms with Crippen LogP contribution in [0.5, 0.6) is 5.75 Å². The monoisotopic (exact) mass is 509 g/mol. The molecule has 1 fully saturated rings. The number of hydrogen-bond donors (Lipinski definition) is 2. The summed E-state index contributed by atoms with van der Waals surface area (Å²) in [4.78, 5) is 36.4. The molecule has 0 radical (unpaired) electrons. The molecule has 2 N–H and O–H groups in total. The van der Waals surface area contributed by atoms with Crippen LogP contribution in [0.25, 0.3) is 0 Å². The molecule has 2 aliphatic rings. The van der Waals surface area contributed by atoms with Crippen molar-refractivity contribution in [3.8, 4) is 5.75 Å². The van der Waals surface area contributed by atoms with Crippen molar-refractivity contribution in [1.82, 2.24) is 14.9 Å². The van der Waals surface area contributed by atoms with Crippen LogP contribution in [0.1, 0.15) is 18.4 Å². The summed E-state index contributed by atoms with van der Waals surface area (Å²) in [5, 5.41) is 18.3. The van der Waals surface area contributed by atoms with Crippen LogP contribution in [0.2, 0.25) is 5.02 Å². The lowest BCUT2D eigenvalue weighted by atomic mass is 10.0. The van der Waals surface area contributed by atoms with E-state index in [1.54, 1.807) is 31.4 Å². The molecule has 12 heteroatoms. The summed E-state index contributed by atoms with van der Waals surface area (Å²) in [5.74, 6) is 1.14. The lowest BCUT2D eigenvalue weighted by molar-refractivity contribution is -0.384. The number of benzene rings is 2. The van der Waals surface area contributed by atoms with E-state index >= 15 is 0 Å². The topological polar surface area (TPSA) is 126 Å². The van der Waals surface area contributed by atoms with E-state index in [0.29, 0.717) is 54.6 Å². The number of nitrogens with one attached hydrogen (secondary N) is 2. The fraction of sp³-hybridized carbons (Fsp3) is 0.292. The zero-order valence-electron chi connectivity index (χ0n) is 19.5. The zero-order chi connectivity index (χ0) is 25.2. The number of methoxy groups -OCH3 is 1. The van der Waals surface area contributed by atoms with Gasteiger partial charge in [-0.3, -0.25) is 10.1 Å². The number of anilines is 4. The van der Waals surface area contributed by atoms with Crippen molar-refractivity contribution in [2.24, 2.45) is 0 Å². The summed E-state index contributed by atoms with van der Waals surface area (Å²) < 4.78 is 5.37. The maximum absolute atomic E-state index is 12.9. The maximum Gasteiger partial charge on any atom is 0.329 e. The molecule has 5 rings (SSSR count). The van der Waals surface area contributed by atoms with Crippen LogP contribution in [-0.4, -0.2) is 52.1 Å². The Labute approximate surface area is 212 Å². The number of nitro groups is 1. The average Bonchev–Trinajstić information content (AvgIpc) is 2.89. The van der Waals surface area contributed by atoms with Gasteiger partial charge >= 0.3 is 11.7 Å². The summed E-state index contributed by atoms with van der Waals surface area (Å²) in [6.07, 6.45) is 2.51. The Morgan fingerprint density at radius 3 is 2.64 bits per heavy atom. The number of urea groups is 1. The van der Waals surface area contributed by atoms with Gasteiger partial charge in [0.2, 0.25) is 11.8 Å². The van der Waals surface area contributed by atoms with Crippen LogP contribution in [0.4, 0.5) is 33.6 Å². The molecular formula is C24H24ClN7O4. The van der Waals surface area contributed by atoms with Gasteiger partial charge in [-0.2, -0.15) is 4.98 Å². The first kappa shape index (κ1) is 23.6. The van der Waals surface area contributed by atoms with Gasteiger partial charge in [0.25, 0.3) is 0 Å². The Hall–Kier alpha value is -4.12. The molecule has 0 atom stereocenters. The van der Waals surface area contributed by atoms with E-state index in [1.807, 2.05) is 28.0 Å². The van der Waals surface area contributed by atoms with Crippen LogP contribution < -0.4 is 20.3 Å². The van der Waals surface area contributed by atoms with Gasteiger partial charge in [-0.15, -0.1) is 0 Å².